The molecule has 2 aliphatic rings. The van der Waals surface area contributed by atoms with E-state index in [0.29, 0.717) is 38.4 Å². The maximum absolute atomic E-state index is 12.9. The van der Waals surface area contributed by atoms with Crippen molar-refractivity contribution in [2.45, 2.75) is 79.6 Å². The SMILES string of the molecule is CC(C)(C)Cn1c(CBr)cc2cnc(C#N)nc21.CC(C)(C)Cn1c(CN2C(=O)CN(Cc3ccccc3)CC2=O)cc2cnc(C#N)nc21.O=C1CN(Cc2ccccc2)CC(=O)N1. The van der Waals surface area contributed by atoms with Gasteiger partial charge in [0.15, 0.2) is 0 Å². The molecule has 0 aliphatic carbocycles. The number of alkyl halides is 1. The molecule has 2 aromatic carbocycles. The second kappa shape index (κ2) is 20.9. The van der Waals surface area contributed by atoms with Crippen molar-refractivity contribution < 1.29 is 19.2 Å². The molecule has 6 heterocycles. The van der Waals surface area contributed by atoms with E-state index in [1.807, 2.05) is 93.2 Å². The van der Waals surface area contributed by atoms with Crippen LogP contribution in [0.25, 0.3) is 22.1 Å². The number of hydrogen-bond acceptors (Lipinski definition) is 12. The number of piperazine rings is 2. The lowest BCUT2D eigenvalue weighted by Crippen LogP contribution is -2.53. The molecule has 0 spiro atoms. The molecular formula is C48H53BrN12O4. The molecule has 6 aromatic rings. The van der Waals surface area contributed by atoms with Crippen molar-refractivity contribution in [3.05, 3.63) is 119 Å². The summed E-state index contributed by atoms with van der Waals surface area (Å²) in [7, 11) is 0. The zero-order chi connectivity index (χ0) is 46.9. The highest BCUT2D eigenvalue weighted by molar-refractivity contribution is 9.08. The van der Waals surface area contributed by atoms with E-state index in [2.05, 4.69) is 93.4 Å². The first-order valence-corrected chi connectivity index (χ1v) is 22.3. The Morgan fingerprint density at radius 3 is 1.45 bits per heavy atom. The average molecular weight is 942 g/mol. The fraction of sp³-hybridized carbons (Fsp3) is 0.375. The quantitative estimate of drug-likeness (QED) is 0.129. The average Bonchev–Trinajstić information content (AvgIpc) is 3.76. The van der Waals surface area contributed by atoms with Crippen LogP contribution in [-0.4, -0.2) is 93.6 Å². The minimum Gasteiger partial charge on any atom is -0.328 e. The maximum atomic E-state index is 12.9. The number of amides is 4. The fourth-order valence-electron chi connectivity index (χ4n) is 7.53. The number of hydrogen-bond donors (Lipinski definition) is 1. The molecule has 0 saturated carbocycles. The van der Waals surface area contributed by atoms with Crippen LogP contribution in [0.5, 0.6) is 0 Å². The molecule has 0 bridgehead atoms. The van der Waals surface area contributed by atoms with Crippen LogP contribution in [-0.2, 0) is 57.2 Å². The molecular weight excluding hydrogens is 889 g/mol. The summed E-state index contributed by atoms with van der Waals surface area (Å²) < 4.78 is 4.15. The molecule has 336 valence electrons. The third-order valence-electron chi connectivity index (χ3n) is 10.2. The van der Waals surface area contributed by atoms with Crippen LogP contribution in [0.2, 0.25) is 0 Å². The number of rotatable bonds is 9. The number of nitriles is 2. The Morgan fingerprint density at radius 2 is 1.03 bits per heavy atom. The minimum atomic E-state index is -0.220. The van der Waals surface area contributed by atoms with E-state index in [9.17, 15) is 24.4 Å². The number of imide groups is 2. The standard InChI is InChI=1S/C24H26N6O2.C13H15BrN4.C11H12N2O2/c1-24(2,3)16-30-19(9-18-11-26-20(10-25)27-23(18)30)13-29-21(31)14-28(15-22(29)32)12-17-7-5-4-6-8-17;1-13(2,3)8-18-10(5-14)4-9-7-16-11(6-15)17-12(9)18;14-10-7-13(8-11(15)12-10)6-9-4-2-1-3-5-9/h4-9,11H,12-16H2,1-3H3;4,7H,5,8H2,1-3H3;1-5H,6-8H2,(H,12,14,15). The van der Waals surface area contributed by atoms with E-state index in [1.165, 1.54) is 4.90 Å². The van der Waals surface area contributed by atoms with Crippen molar-refractivity contribution in [3.63, 3.8) is 0 Å². The van der Waals surface area contributed by atoms with Gasteiger partial charge in [0, 0.05) is 66.1 Å². The fourth-order valence-corrected chi connectivity index (χ4v) is 7.99. The molecule has 0 radical (unpaired) electrons. The lowest BCUT2D eigenvalue weighted by atomic mass is 9.97. The predicted molar refractivity (Wildman–Crippen MR) is 248 cm³/mol. The van der Waals surface area contributed by atoms with E-state index in [4.69, 9.17) is 5.26 Å². The normalized spacial score (nSPS) is 14.9. The van der Waals surface area contributed by atoms with Gasteiger partial charge in [-0.2, -0.15) is 10.5 Å². The summed E-state index contributed by atoms with van der Waals surface area (Å²) in [6, 6.07) is 27.6. The summed E-state index contributed by atoms with van der Waals surface area (Å²) in [5.74, 6) is -0.553. The van der Waals surface area contributed by atoms with Gasteiger partial charge in [0.05, 0.1) is 32.7 Å². The Bertz CT molecular complexity index is 2730. The monoisotopic (exact) mass is 940 g/mol. The van der Waals surface area contributed by atoms with Gasteiger partial charge < -0.3 is 9.13 Å². The largest absolute Gasteiger partial charge is 0.328 e. The number of halogens is 1. The van der Waals surface area contributed by atoms with Crippen molar-refractivity contribution in [2.75, 3.05) is 26.2 Å². The minimum absolute atomic E-state index is 0.0686. The van der Waals surface area contributed by atoms with E-state index in [1.54, 1.807) is 12.4 Å². The van der Waals surface area contributed by atoms with E-state index in [0.717, 1.165) is 50.8 Å². The predicted octanol–water partition coefficient (Wildman–Crippen LogP) is 6.11. The van der Waals surface area contributed by atoms with E-state index >= 15 is 0 Å². The highest BCUT2D eigenvalue weighted by Crippen LogP contribution is 2.27. The number of benzene rings is 2. The maximum Gasteiger partial charge on any atom is 0.243 e. The topological polar surface area (TPSA) is 199 Å². The van der Waals surface area contributed by atoms with Gasteiger partial charge >= 0.3 is 0 Å². The molecule has 4 aromatic heterocycles. The highest BCUT2D eigenvalue weighted by Gasteiger charge is 2.32. The van der Waals surface area contributed by atoms with E-state index < -0.39 is 0 Å². The summed E-state index contributed by atoms with van der Waals surface area (Å²) in [5, 5.41) is 22.9. The molecule has 2 fully saturated rings. The molecule has 4 amide bonds. The van der Waals surface area contributed by atoms with Crippen LogP contribution in [0.15, 0.2) is 85.2 Å². The molecule has 8 rings (SSSR count). The van der Waals surface area contributed by atoms with Gasteiger partial charge in [0.25, 0.3) is 0 Å². The van der Waals surface area contributed by atoms with Crippen molar-refractivity contribution in [3.8, 4) is 12.1 Å². The summed E-state index contributed by atoms with van der Waals surface area (Å²) in [4.78, 5) is 69.8. The number of aromatic nitrogens is 6. The number of carbonyl (C=O) groups excluding carboxylic acids is 4. The van der Waals surface area contributed by atoms with Crippen LogP contribution < -0.4 is 5.32 Å². The molecule has 2 saturated heterocycles. The first-order valence-electron chi connectivity index (χ1n) is 21.2. The van der Waals surface area contributed by atoms with Crippen molar-refractivity contribution in [1.29, 1.82) is 10.5 Å². The Kier molecular flexibility index (Phi) is 15.4. The zero-order valence-electron chi connectivity index (χ0n) is 37.6. The summed E-state index contributed by atoms with van der Waals surface area (Å²) in [5.41, 5.74) is 5.71. The number of fused-ring (bicyclic) bond motifs is 2. The van der Waals surface area contributed by atoms with Crippen LogP contribution in [0.3, 0.4) is 0 Å². The first-order chi connectivity index (χ1) is 30.9. The van der Waals surface area contributed by atoms with Gasteiger partial charge in [-0.3, -0.25) is 39.2 Å². The third-order valence-corrected chi connectivity index (χ3v) is 10.8. The second-order valence-electron chi connectivity index (χ2n) is 18.5. The van der Waals surface area contributed by atoms with Crippen LogP contribution in [0.4, 0.5) is 0 Å². The molecule has 0 unspecified atom stereocenters. The molecule has 0 atom stereocenters. The zero-order valence-corrected chi connectivity index (χ0v) is 39.2. The van der Waals surface area contributed by atoms with Crippen molar-refractivity contribution in [1.82, 2.24) is 49.1 Å². The smallest absolute Gasteiger partial charge is 0.243 e. The summed E-state index contributed by atoms with van der Waals surface area (Å²) >= 11 is 3.50. The molecule has 16 nitrogen and oxygen atoms in total. The van der Waals surface area contributed by atoms with Gasteiger partial charge in [0.2, 0.25) is 35.3 Å². The Morgan fingerprint density at radius 1 is 0.615 bits per heavy atom. The van der Waals surface area contributed by atoms with Gasteiger partial charge in [0.1, 0.15) is 23.4 Å². The molecule has 2 aliphatic heterocycles. The summed E-state index contributed by atoms with van der Waals surface area (Å²) in [6.07, 6.45) is 3.33. The Balaban J connectivity index is 0.000000178. The number of carbonyl (C=O) groups is 4. The molecule has 17 heteroatoms. The Labute approximate surface area is 387 Å². The third kappa shape index (κ3) is 13.2. The molecule has 1 N–H and O–H groups in total. The first kappa shape index (κ1) is 47.8. The van der Waals surface area contributed by atoms with E-state index in [-0.39, 0.29) is 65.7 Å². The van der Waals surface area contributed by atoms with Gasteiger partial charge in [-0.15, -0.1) is 0 Å². The number of nitrogens with zero attached hydrogens (tertiary/aromatic N) is 11. The van der Waals surface area contributed by atoms with Gasteiger partial charge in [-0.05, 0) is 34.1 Å². The lowest BCUT2D eigenvalue weighted by molar-refractivity contribution is -0.152. The highest BCUT2D eigenvalue weighted by atomic mass is 79.9. The molecule has 65 heavy (non-hydrogen) atoms. The lowest BCUT2D eigenvalue weighted by Gasteiger charge is -2.33. The van der Waals surface area contributed by atoms with Gasteiger partial charge in [-0.25, -0.2) is 19.9 Å². The van der Waals surface area contributed by atoms with Crippen LogP contribution in [0, 0.1) is 33.5 Å². The summed E-state index contributed by atoms with van der Waals surface area (Å²) in [6.45, 7) is 16.7. The van der Waals surface area contributed by atoms with Crippen molar-refractivity contribution in [2.24, 2.45) is 10.8 Å². The van der Waals surface area contributed by atoms with Crippen molar-refractivity contribution >= 4 is 61.6 Å². The van der Waals surface area contributed by atoms with Crippen LogP contribution in [0.1, 0.15) is 75.7 Å². The Hall–Kier alpha value is -6.66. The van der Waals surface area contributed by atoms with Gasteiger partial charge in [-0.1, -0.05) is 118 Å². The van der Waals surface area contributed by atoms with Crippen LogP contribution >= 0.6 is 15.9 Å². The second-order valence-corrected chi connectivity index (χ2v) is 19.0. The number of nitrogens with one attached hydrogen (secondary N) is 1.